The van der Waals surface area contributed by atoms with Crippen LogP contribution in [0.4, 0.5) is 0 Å². The Kier molecular flexibility index (Phi) is 4.86. The molecule has 26 heavy (non-hydrogen) atoms. The van der Waals surface area contributed by atoms with E-state index in [1.165, 1.54) is 5.56 Å². The normalized spacial score (nSPS) is 16.7. The van der Waals surface area contributed by atoms with E-state index in [2.05, 4.69) is 26.8 Å². The lowest BCUT2D eigenvalue weighted by molar-refractivity contribution is -0.0250. The van der Waals surface area contributed by atoms with Crippen LogP contribution in [-0.2, 0) is 17.8 Å². The standard InChI is InChI=1S/C20H24N4O2/c25-16-20(6-12-26-13-7-20)15-23-11-9-21-19(23)18-5-2-1-4-17(18)14-24-10-3-8-22-24/h1-5,8-11,25H,6-7,12-16H2. The van der Waals surface area contributed by atoms with Gasteiger partial charge >= 0.3 is 0 Å². The molecule has 1 aliphatic rings. The average Bonchev–Trinajstić information content (AvgIpc) is 3.35. The molecule has 0 unspecified atom stereocenters. The van der Waals surface area contributed by atoms with Gasteiger partial charge in [0.1, 0.15) is 5.82 Å². The van der Waals surface area contributed by atoms with Crippen LogP contribution in [0.1, 0.15) is 18.4 Å². The molecule has 0 bridgehead atoms. The van der Waals surface area contributed by atoms with Crippen molar-refractivity contribution in [1.29, 1.82) is 0 Å². The molecule has 6 heteroatoms. The number of ether oxygens (including phenoxy) is 1. The highest BCUT2D eigenvalue weighted by atomic mass is 16.5. The largest absolute Gasteiger partial charge is 0.396 e. The van der Waals surface area contributed by atoms with Crippen LogP contribution in [0.15, 0.2) is 55.1 Å². The molecule has 0 atom stereocenters. The maximum Gasteiger partial charge on any atom is 0.140 e. The summed E-state index contributed by atoms with van der Waals surface area (Å²) in [4.78, 5) is 4.63. The summed E-state index contributed by atoms with van der Waals surface area (Å²) in [5.74, 6) is 0.937. The van der Waals surface area contributed by atoms with E-state index in [1.54, 1.807) is 6.20 Å². The number of aliphatic hydroxyl groups is 1. The van der Waals surface area contributed by atoms with E-state index in [4.69, 9.17) is 4.74 Å². The van der Waals surface area contributed by atoms with Gasteiger partial charge in [-0.1, -0.05) is 24.3 Å². The molecule has 1 N–H and O–H groups in total. The van der Waals surface area contributed by atoms with E-state index in [9.17, 15) is 5.11 Å². The van der Waals surface area contributed by atoms with Gasteiger partial charge in [-0.05, 0) is 24.5 Å². The maximum absolute atomic E-state index is 10.0. The molecule has 3 heterocycles. The molecule has 4 rings (SSSR count). The van der Waals surface area contributed by atoms with Crippen LogP contribution in [0.2, 0.25) is 0 Å². The summed E-state index contributed by atoms with van der Waals surface area (Å²) in [6.07, 6.45) is 9.34. The lowest BCUT2D eigenvalue weighted by Gasteiger charge is -2.36. The van der Waals surface area contributed by atoms with Gasteiger partial charge in [-0.3, -0.25) is 4.68 Å². The van der Waals surface area contributed by atoms with Crippen LogP contribution in [0.25, 0.3) is 11.4 Å². The molecule has 6 nitrogen and oxygen atoms in total. The molecular formula is C20H24N4O2. The highest BCUT2D eigenvalue weighted by molar-refractivity contribution is 5.60. The summed E-state index contributed by atoms with van der Waals surface area (Å²) >= 11 is 0. The molecule has 1 aliphatic heterocycles. The van der Waals surface area contributed by atoms with Gasteiger partial charge < -0.3 is 14.4 Å². The third-order valence-electron chi connectivity index (χ3n) is 5.26. The van der Waals surface area contributed by atoms with E-state index in [0.717, 1.165) is 30.8 Å². The quantitative estimate of drug-likeness (QED) is 0.741. The van der Waals surface area contributed by atoms with Crippen LogP contribution in [0, 0.1) is 5.41 Å². The van der Waals surface area contributed by atoms with Gasteiger partial charge in [0.25, 0.3) is 0 Å². The number of hydrogen-bond donors (Lipinski definition) is 1. The lowest BCUT2D eigenvalue weighted by Crippen LogP contribution is -2.37. The highest BCUT2D eigenvalue weighted by Crippen LogP contribution is 2.34. The maximum atomic E-state index is 10.0. The van der Waals surface area contributed by atoms with Gasteiger partial charge in [-0.15, -0.1) is 0 Å². The molecule has 2 aromatic heterocycles. The molecule has 0 spiro atoms. The summed E-state index contributed by atoms with van der Waals surface area (Å²) < 4.78 is 9.58. The van der Waals surface area contributed by atoms with Gasteiger partial charge in [-0.25, -0.2) is 4.98 Å². The molecule has 0 saturated carbocycles. The van der Waals surface area contributed by atoms with Crippen molar-refractivity contribution in [3.63, 3.8) is 0 Å². The predicted molar refractivity (Wildman–Crippen MR) is 98.6 cm³/mol. The summed E-state index contributed by atoms with van der Waals surface area (Å²) in [5, 5.41) is 14.3. The first-order valence-corrected chi connectivity index (χ1v) is 9.05. The predicted octanol–water partition coefficient (Wildman–Crippen LogP) is 2.58. The molecule has 3 aromatic rings. The second-order valence-corrected chi connectivity index (χ2v) is 7.01. The van der Waals surface area contributed by atoms with Crippen molar-refractivity contribution in [3.8, 4) is 11.4 Å². The monoisotopic (exact) mass is 352 g/mol. The van der Waals surface area contributed by atoms with E-state index in [0.29, 0.717) is 19.8 Å². The minimum Gasteiger partial charge on any atom is -0.396 e. The first-order valence-electron chi connectivity index (χ1n) is 9.05. The number of benzene rings is 1. The van der Waals surface area contributed by atoms with Gasteiger partial charge in [0.05, 0.1) is 13.2 Å². The zero-order valence-electron chi connectivity index (χ0n) is 14.8. The molecule has 0 radical (unpaired) electrons. The Hall–Kier alpha value is -2.44. The van der Waals surface area contributed by atoms with Crippen molar-refractivity contribution in [1.82, 2.24) is 19.3 Å². The number of hydrogen-bond acceptors (Lipinski definition) is 4. The third-order valence-corrected chi connectivity index (χ3v) is 5.26. The Morgan fingerprint density at radius 1 is 1.08 bits per heavy atom. The third kappa shape index (κ3) is 3.43. The van der Waals surface area contributed by atoms with E-state index in [-0.39, 0.29) is 12.0 Å². The first-order chi connectivity index (χ1) is 12.8. The smallest absolute Gasteiger partial charge is 0.140 e. The van der Waals surface area contributed by atoms with Gasteiger partial charge in [-0.2, -0.15) is 5.10 Å². The lowest BCUT2D eigenvalue weighted by atomic mass is 9.81. The van der Waals surface area contributed by atoms with Crippen molar-refractivity contribution < 1.29 is 9.84 Å². The minimum atomic E-state index is -0.134. The zero-order chi connectivity index (χ0) is 17.8. The second-order valence-electron chi connectivity index (χ2n) is 7.01. The van der Waals surface area contributed by atoms with Crippen molar-refractivity contribution >= 4 is 0 Å². The Balaban J connectivity index is 1.65. The van der Waals surface area contributed by atoms with Gasteiger partial charge in [0, 0.05) is 55.5 Å². The van der Waals surface area contributed by atoms with Crippen LogP contribution in [0.5, 0.6) is 0 Å². The van der Waals surface area contributed by atoms with Crippen LogP contribution in [-0.4, -0.2) is 44.3 Å². The van der Waals surface area contributed by atoms with Crippen LogP contribution >= 0.6 is 0 Å². The van der Waals surface area contributed by atoms with E-state index < -0.39 is 0 Å². The number of rotatable bonds is 6. The number of nitrogens with zero attached hydrogens (tertiary/aromatic N) is 4. The summed E-state index contributed by atoms with van der Waals surface area (Å²) in [6, 6.07) is 10.2. The summed E-state index contributed by atoms with van der Waals surface area (Å²) in [5.41, 5.74) is 2.15. The van der Waals surface area contributed by atoms with Gasteiger partial charge in [0.15, 0.2) is 0 Å². The molecule has 0 amide bonds. The van der Waals surface area contributed by atoms with E-state index >= 15 is 0 Å². The summed E-state index contributed by atoms with van der Waals surface area (Å²) in [6.45, 7) is 3.04. The Morgan fingerprint density at radius 3 is 2.69 bits per heavy atom. The fraction of sp³-hybridized carbons (Fsp3) is 0.400. The minimum absolute atomic E-state index is 0.134. The highest BCUT2D eigenvalue weighted by Gasteiger charge is 2.33. The van der Waals surface area contributed by atoms with Gasteiger partial charge in [0.2, 0.25) is 0 Å². The molecule has 0 aliphatic carbocycles. The Labute approximate surface area is 153 Å². The average molecular weight is 352 g/mol. The number of imidazole rings is 1. The molecular weight excluding hydrogens is 328 g/mol. The number of aliphatic hydroxyl groups excluding tert-OH is 1. The second kappa shape index (κ2) is 7.43. The van der Waals surface area contributed by atoms with Crippen molar-refractivity contribution in [2.75, 3.05) is 19.8 Å². The fourth-order valence-corrected chi connectivity index (χ4v) is 3.66. The summed E-state index contributed by atoms with van der Waals surface area (Å²) in [7, 11) is 0. The van der Waals surface area contributed by atoms with E-state index in [1.807, 2.05) is 41.5 Å². The molecule has 136 valence electrons. The topological polar surface area (TPSA) is 65.1 Å². The van der Waals surface area contributed by atoms with Crippen molar-refractivity contribution in [2.45, 2.75) is 25.9 Å². The SMILES string of the molecule is OCC1(Cn2ccnc2-c2ccccc2Cn2cccn2)CCOCC1. The Morgan fingerprint density at radius 2 is 1.92 bits per heavy atom. The first kappa shape index (κ1) is 17.0. The van der Waals surface area contributed by atoms with Crippen LogP contribution < -0.4 is 0 Å². The Bertz CT molecular complexity index is 835. The molecule has 1 fully saturated rings. The molecule has 1 saturated heterocycles. The van der Waals surface area contributed by atoms with Crippen molar-refractivity contribution in [2.24, 2.45) is 5.41 Å². The molecule has 1 aromatic carbocycles. The number of aromatic nitrogens is 4. The zero-order valence-corrected chi connectivity index (χ0v) is 14.8. The fourth-order valence-electron chi connectivity index (χ4n) is 3.66. The van der Waals surface area contributed by atoms with Crippen molar-refractivity contribution in [3.05, 3.63) is 60.7 Å². The van der Waals surface area contributed by atoms with Crippen LogP contribution in [0.3, 0.4) is 0 Å².